The molecule has 0 radical (unpaired) electrons. The molecule has 2 N–H and O–H groups in total. The fourth-order valence-electron chi connectivity index (χ4n) is 2.38. The highest BCUT2D eigenvalue weighted by molar-refractivity contribution is 5.59. The van der Waals surface area contributed by atoms with Gasteiger partial charge in [0, 0.05) is 30.6 Å². The van der Waals surface area contributed by atoms with Crippen molar-refractivity contribution in [3.05, 3.63) is 11.4 Å². The van der Waals surface area contributed by atoms with Gasteiger partial charge in [-0.05, 0) is 40.5 Å². The molecule has 0 bridgehead atoms. The first kappa shape index (κ1) is 15.0. The van der Waals surface area contributed by atoms with Gasteiger partial charge in [0.1, 0.15) is 17.5 Å². The largest absolute Gasteiger partial charge is 0.395 e. The number of aliphatic hydroxyl groups excluding tert-OH is 1. The summed E-state index contributed by atoms with van der Waals surface area (Å²) in [5.41, 5.74) is 1.07. The van der Waals surface area contributed by atoms with Crippen molar-refractivity contribution >= 4 is 11.6 Å². The van der Waals surface area contributed by atoms with Gasteiger partial charge in [-0.3, -0.25) is 0 Å². The van der Waals surface area contributed by atoms with Gasteiger partial charge in [-0.25, -0.2) is 9.97 Å². The second-order valence-electron chi connectivity index (χ2n) is 5.69. The molecule has 0 aromatic carbocycles. The molecule has 5 heteroatoms. The van der Waals surface area contributed by atoms with E-state index < -0.39 is 0 Å². The summed E-state index contributed by atoms with van der Waals surface area (Å²) in [5, 5.41) is 12.6. The van der Waals surface area contributed by atoms with Crippen molar-refractivity contribution in [3.8, 4) is 0 Å². The average Bonchev–Trinajstić information content (AvgIpc) is 3.23. The zero-order valence-electron chi connectivity index (χ0n) is 13.0. The number of nitrogens with one attached hydrogen (secondary N) is 1. The summed E-state index contributed by atoms with van der Waals surface area (Å²) in [4.78, 5) is 11.6. The molecule has 1 aliphatic rings. The van der Waals surface area contributed by atoms with Crippen LogP contribution in [-0.4, -0.2) is 40.8 Å². The summed E-state index contributed by atoms with van der Waals surface area (Å²) in [5.74, 6) is 3.37. The Hall–Kier alpha value is -1.36. The first-order valence-corrected chi connectivity index (χ1v) is 7.58. The molecule has 1 heterocycles. The predicted molar refractivity (Wildman–Crippen MR) is 82.5 cm³/mol. The van der Waals surface area contributed by atoms with Crippen LogP contribution in [0.3, 0.4) is 0 Å². The Morgan fingerprint density at radius 3 is 2.55 bits per heavy atom. The van der Waals surface area contributed by atoms with Gasteiger partial charge in [0.05, 0.1) is 6.61 Å². The van der Waals surface area contributed by atoms with Crippen LogP contribution in [-0.2, 0) is 0 Å². The van der Waals surface area contributed by atoms with E-state index in [1.165, 1.54) is 12.8 Å². The number of aliphatic hydroxyl groups is 1. The van der Waals surface area contributed by atoms with Crippen molar-refractivity contribution in [1.29, 1.82) is 0 Å². The molecule has 0 amide bonds. The number of anilines is 2. The third-order valence-electron chi connectivity index (χ3n) is 3.66. The average molecular weight is 278 g/mol. The minimum Gasteiger partial charge on any atom is -0.395 e. The molecule has 0 atom stereocenters. The summed E-state index contributed by atoms with van der Waals surface area (Å²) in [7, 11) is 0. The Kier molecular flexibility index (Phi) is 4.81. The lowest BCUT2D eigenvalue weighted by atomic mass is 10.2. The number of hydrogen-bond donors (Lipinski definition) is 2. The van der Waals surface area contributed by atoms with Gasteiger partial charge < -0.3 is 15.3 Å². The van der Waals surface area contributed by atoms with E-state index in [9.17, 15) is 5.11 Å². The summed E-state index contributed by atoms with van der Waals surface area (Å²) in [6.07, 6.45) is 2.38. The monoisotopic (exact) mass is 278 g/mol. The molecule has 2 rings (SSSR count). The van der Waals surface area contributed by atoms with Gasteiger partial charge in [0.2, 0.25) is 0 Å². The first-order chi connectivity index (χ1) is 9.58. The Morgan fingerprint density at radius 2 is 2.05 bits per heavy atom. The van der Waals surface area contributed by atoms with Crippen LogP contribution in [0, 0.1) is 6.92 Å². The maximum atomic E-state index is 9.30. The van der Waals surface area contributed by atoms with Gasteiger partial charge in [0.15, 0.2) is 0 Å². The SMILES string of the molecule is CCNc1nc(C2CC2)nc(N(CCO)C(C)C)c1C. The molecule has 112 valence electrons. The van der Waals surface area contributed by atoms with Crippen molar-refractivity contribution in [1.82, 2.24) is 9.97 Å². The second kappa shape index (κ2) is 6.39. The number of aromatic nitrogens is 2. The zero-order valence-corrected chi connectivity index (χ0v) is 13.0. The quantitative estimate of drug-likeness (QED) is 0.801. The lowest BCUT2D eigenvalue weighted by Gasteiger charge is -2.29. The summed E-state index contributed by atoms with van der Waals surface area (Å²) in [6.45, 7) is 9.97. The zero-order chi connectivity index (χ0) is 14.7. The molecule has 20 heavy (non-hydrogen) atoms. The molecular weight excluding hydrogens is 252 g/mol. The van der Waals surface area contributed by atoms with Gasteiger partial charge in [-0.2, -0.15) is 0 Å². The van der Waals surface area contributed by atoms with Crippen LogP contribution >= 0.6 is 0 Å². The Labute approximate surface area is 121 Å². The van der Waals surface area contributed by atoms with Crippen LogP contribution in [0.25, 0.3) is 0 Å². The number of hydrogen-bond acceptors (Lipinski definition) is 5. The van der Waals surface area contributed by atoms with E-state index in [4.69, 9.17) is 4.98 Å². The molecule has 0 spiro atoms. The minimum absolute atomic E-state index is 0.136. The van der Waals surface area contributed by atoms with Crippen molar-refractivity contribution < 1.29 is 5.11 Å². The maximum absolute atomic E-state index is 9.30. The van der Waals surface area contributed by atoms with Crippen LogP contribution in [0.2, 0.25) is 0 Å². The smallest absolute Gasteiger partial charge is 0.137 e. The predicted octanol–water partition coefficient (Wildman–Crippen LogP) is 2.30. The third kappa shape index (κ3) is 3.20. The highest BCUT2D eigenvalue weighted by atomic mass is 16.3. The molecule has 1 aromatic heterocycles. The molecular formula is C15H26N4O. The van der Waals surface area contributed by atoms with Gasteiger partial charge in [-0.1, -0.05) is 0 Å². The van der Waals surface area contributed by atoms with Gasteiger partial charge in [-0.15, -0.1) is 0 Å². The van der Waals surface area contributed by atoms with E-state index in [0.29, 0.717) is 18.5 Å². The Balaban J connectivity index is 2.42. The normalized spacial score (nSPS) is 14.7. The summed E-state index contributed by atoms with van der Waals surface area (Å²) in [6, 6.07) is 0.303. The second-order valence-corrected chi connectivity index (χ2v) is 5.69. The van der Waals surface area contributed by atoms with E-state index in [1.807, 2.05) is 0 Å². The van der Waals surface area contributed by atoms with E-state index in [1.54, 1.807) is 0 Å². The van der Waals surface area contributed by atoms with Crippen molar-refractivity contribution in [2.24, 2.45) is 0 Å². The maximum Gasteiger partial charge on any atom is 0.137 e. The van der Waals surface area contributed by atoms with E-state index >= 15 is 0 Å². The standard InChI is InChI=1S/C15H26N4O/c1-5-16-13-11(4)15(19(8-9-20)10(2)3)18-14(17-13)12-6-7-12/h10,12,20H,5-9H2,1-4H3,(H,16,17,18). The van der Waals surface area contributed by atoms with Crippen molar-refractivity contribution in [3.63, 3.8) is 0 Å². The topological polar surface area (TPSA) is 61.3 Å². The van der Waals surface area contributed by atoms with Crippen molar-refractivity contribution in [2.45, 2.75) is 52.5 Å². The lowest BCUT2D eigenvalue weighted by molar-refractivity contribution is 0.298. The van der Waals surface area contributed by atoms with Gasteiger partial charge in [0.25, 0.3) is 0 Å². The molecule has 1 fully saturated rings. The van der Waals surface area contributed by atoms with Crippen molar-refractivity contribution in [2.75, 3.05) is 29.9 Å². The van der Waals surface area contributed by atoms with Crippen LogP contribution in [0.5, 0.6) is 0 Å². The molecule has 1 saturated carbocycles. The van der Waals surface area contributed by atoms with E-state index in [0.717, 1.165) is 29.6 Å². The number of rotatable bonds is 7. The molecule has 0 unspecified atom stereocenters. The Bertz CT molecular complexity index is 457. The van der Waals surface area contributed by atoms with E-state index in [-0.39, 0.29) is 6.61 Å². The van der Waals surface area contributed by atoms with Crippen LogP contribution in [0.4, 0.5) is 11.6 Å². The summed E-state index contributed by atoms with van der Waals surface area (Å²) < 4.78 is 0. The fraction of sp³-hybridized carbons (Fsp3) is 0.733. The van der Waals surface area contributed by atoms with Gasteiger partial charge >= 0.3 is 0 Å². The highest BCUT2D eigenvalue weighted by Crippen LogP contribution is 2.40. The van der Waals surface area contributed by atoms with Crippen LogP contribution in [0.1, 0.15) is 50.9 Å². The fourth-order valence-corrected chi connectivity index (χ4v) is 2.38. The van der Waals surface area contributed by atoms with Crippen LogP contribution in [0.15, 0.2) is 0 Å². The third-order valence-corrected chi connectivity index (χ3v) is 3.66. The molecule has 1 aromatic rings. The lowest BCUT2D eigenvalue weighted by Crippen LogP contribution is -2.35. The van der Waals surface area contributed by atoms with Crippen LogP contribution < -0.4 is 10.2 Å². The Morgan fingerprint density at radius 1 is 1.35 bits per heavy atom. The minimum atomic E-state index is 0.136. The molecule has 0 saturated heterocycles. The number of nitrogens with zero attached hydrogens (tertiary/aromatic N) is 3. The molecule has 5 nitrogen and oxygen atoms in total. The highest BCUT2D eigenvalue weighted by Gasteiger charge is 2.29. The molecule has 0 aliphatic heterocycles. The molecule has 1 aliphatic carbocycles. The summed E-state index contributed by atoms with van der Waals surface area (Å²) >= 11 is 0. The first-order valence-electron chi connectivity index (χ1n) is 7.58. The van der Waals surface area contributed by atoms with E-state index in [2.05, 4.69) is 42.9 Å².